The third-order valence-electron chi connectivity index (χ3n) is 8.88. The molecule has 1 fully saturated rings. The standard InChI is InChI=1S/C38H42FN3O4S/c1-28-18-23-34(24-29(28)2)42(47(45,46)35-16-10-5-11-17-35)27-37(43)41(26-31-19-21-32(39)22-20-31)36(25-30-12-6-3-7-13-30)38(44)40-33-14-8-4-9-15-33/h3,5-7,10-13,16-24,33,36H,4,8-9,14-15,25-27H2,1-2H3,(H,40,44)/t36-/m1/s1. The molecule has 1 aliphatic carbocycles. The Labute approximate surface area is 277 Å². The Morgan fingerprint density at radius 3 is 2.09 bits per heavy atom. The highest BCUT2D eigenvalue weighted by Gasteiger charge is 2.35. The van der Waals surface area contributed by atoms with Crippen molar-refractivity contribution >= 4 is 27.5 Å². The lowest BCUT2D eigenvalue weighted by molar-refractivity contribution is -0.140. The lowest BCUT2D eigenvalue weighted by atomic mass is 9.94. The number of hydrogen-bond donors (Lipinski definition) is 1. The van der Waals surface area contributed by atoms with Gasteiger partial charge in [-0.3, -0.25) is 13.9 Å². The van der Waals surface area contributed by atoms with Gasteiger partial charge < -0.3 is 10.2 Å². The molecule has 0 spiro atoms. The van der Waals surface area contributed by atoms with Crippen LogP contribution in [0, 0.1) is 19.7 Å². The van der Waals surface area contributed by atoms with Gasteiger partial charge >= 0.3 is 0 Å². The molecule has 7 nitrogen and oxygen atoms in total. The molecule has 0 bridgehead atoms. The minimum absolute atomic E-state index is 0.00258. The van der Waals surface area contributed by atoms with Crippen LogP contribution in [0.25, 0.3) is 0 Å². The van der Waals surface area contributed by atoms with Crippen LogP contribution in [-0.2, 0) is 32.6 Å². The van der Waals surface area contributed by atoms with E-state index in [9.17, 15) is 22.4 Å². The predicted molar refractivity (Wildman–Crippen MR) is 183 cm³/mol. The fourth-order valence-electron chi connectivity index (χ4n) is 6.01. The number of carbonyl (C=O) groups excluding carboxylic acids is 2. The molecule has 4 aromatic carbocycles. The molecule has 0 aliphatic heterocycles. The molecule has 1 saturated carbocycles. The number of aryl methyl sites for hydroxylation is 2. The normalized spacial score (nSPS) is 14.3. The first-order valence-electron chi connectivity index (χ1n) is 16.1. The Bertz CT molecular complexity index is 1760. The molecule has 246 valence electrons. The molecule has 47 heavy (non-hydrogen) atoms. The highest BCUT2D eigenvalue weighted by molar-refractivity contribution is 7.92. The Morgan fingerprint density at radius 2 is 1.45 bits per heavy atom. The van der Waals surface area contributed by atoms with Crippen molar-refractivity contribution in [2.75, 3.05) is 10.8 Å². The summed E-state index contributed by atoms with van der Waals surface area (Å²) in [5.74, 6) is -1.26. The maximum Gasteiger partial charge on any atom is 0.264 e. The van der Waals surface area contributed by atoms with Crippen LogP contribution in [-0.4, -0.2) is 43.8 Å². The topological polar surface area (TPSA) is 86.8 Å². The number of anilines is 1. The number of nitrogens with zero attached hydrogens (tertiary/aromatic N) is 2. The molecule has 5 rings (SSSR count). The molecule has 2 amide bonds. The Morgan fingerprint density at radius 1 is 0.809 bits per heavy atom. The Balaban J connectivity index is 1.56. The zero-order chi connectivity index (χ0) is 33.4. The van der Waals surface area contributed by atoms with Crippen molar-refractivity contribution in [2.45, 2.75) is 75.9 Å². The SMILES string of the molecule is Cc1ccc(N(CC(=O)N(Cc2ccc(F)cc2)[C@H](Cc2ccccc2)C(=O)NC2CCCCC2)S(=O)(=O)c2ccccc2)cc1C. The van der Waals surface area contributed by atoms with Gasteiger partial charge in [0.15, 0.2) is 0 Å². The number of nitrogens with one attached hydrogen (secondary N) is 1. The van der Waals surface area contributed by atoms with Crippen LogP contribution in [0.2, 0.25) is 0 Å². The average Bonchev–Trinajstić information content (AvgIpc) is 3.08. The first-order chi connectivity index (χ1) is 22.6. The lowest BCUT2D eigenvalue weighted by Crippen LogP contribution is -2.55. The first kappa shape index (κ1) is 33.9. The number of rotatable bonds is 12. The van der Waals surface area contributed by atoms with Gasteiger partial charge in [0, 0.05) is 19.0 Å². The fraction of sp³-hybridized carbons (Fsp3) is 0.316. The van der Waals surface area contributed by atoms with Crippen LogP contribution in [0.15, 0.2) is 108 Å². The first-order valence-corrected chi connectivity index (χ1v) is 17.6. The van der Waals surface area contributed by atoms with Crippen LogP contribution in [0.5, 0.6) is 0 Å². The highest BCUT2D eigenvalue weighted by Crippen LogP contribution is 2.27. The van der Waals surface area contributed by atoms with Crippen LogP contribution in [0.3, 0.4) is 0 Å². The van der Waals surface area contributed by atoms with E-state index in [4.69, 9.17) is 0 Å². The second-order valence-corrected chi connectivity index (χ2v) is 14.2. The van der Waals surface area contributed by atoms with Crippen molar-refractivity contribution in [3.05, 3.63) is 131 Å². The van der Waals surface area contributed by atoms with Crippen LogP contribution >= 0.6 is 0 Å². The van der Waals surface area contributed by atoms with E-state index in [1.807, 2.05) is 50.2 Å². The van der Waals surface area contributed by atoms with E-state index in [1.165, 1.54) is 29.2 Å². The summed E-state index contributed by atoms with van der Waals surface area (Å²) < 4.78 is 43.4. The molecule has 0 radical (unpaired) electrons. The van der Waals surface area contributed by atoms with Gasteiger partial charge in [0.2, 0.25) is 11.8 Å². The number of halogens is 1. The summed E-state index contributed by atoms with van der Waals surface area (Å²) >= 11 is 0. The summed E-state index contributed by atoms with van der Waals surface area (Å²) in [6.07, 6.45) is 5.13. The van der Waals surface area contributed by atoms with E-state index < -0.39 is 34.3 Å². The molecule has 0 saturated heterocycles. The van der Waals surface area contributed by atoms with Gasteiger partial charge in [-0.2, -0.15) is 0 Å². The van der Waals surface area contributed by atoms with Crippen LogP contribution < -0.4 is 9.62 Å². The van der Waals surface area contributed by atoms with Gasteiger partial charge in [0.25, 0.3) is 10.0 Å². The minimum atomic E-state index is -4.18. The molecular weight excluding hydrogens is 614 g/mol. The van der Waals surface area contributed by atoms with E-state index >= 15 is 0 Å². The van der Waals surface area contributed by atoms with E-state index in [1.54, 1.807) is 42.5 Å². The van der Waals surface area contributed by atoms with Crippen molar-refractivity contribution in [1.82, 2.24) is 10.2 Å². The van der Waals surface area contributed by atoms with Gasteiger partial charge in [-0.05, 0) is 85.3 Å². The van der Waals surface area contributed by atoms with Crippen LogP contribution in [0.4, 0.5) is 10.1 Å². The molecule has 1 aliphatic rings. The largest absolute Gasteiger partial charge is 0.352 e. The number of carbonyl (C=O) groups is 2. The van der Waals surface area contributed by atoms with Crippen molar-refractivity contribution in [3.63, 3.8) is 0 Å². The van der Waals surface area contributed by atoms with Gasteiger partial charge in [-0.1, -0.05) is 86.0 Å². The quantitative estimate of drug-likeness (QED) is 0.184. The fourth-order valence-corrected chi connectivity index (χ4v) is 7.44. The zero-order valence-electron chi connectivity index (χ0n) is 26.9. The van der Waals surface area contributed by atoms with Gasteiger partial charge in [-0.25, -0.2) is 12.8 Å². The monoisotopic (exact) mass is 655 g/mol. The highest BCUT2D eigenvalue weighted by atomic mass is 32.2. The summed E-state index contributed by atoms with van der Waals surface area (Å²) in [6, 6.07) is 27.6. The molecular formula is C38H42FN3O4S. The molecule has 0 unspecified atom stereocenters. The number of sulfonamides is 1. The smallest absolute Gasteiger partial charge is 0.264 e. The third kappa shape index (κ3) is 8.65. The van der Waals surface area contributed by atoms with Gasteiger partial charge in [0.05, 0.1) is 10.6 Å². The van der Waals surface area contributed by atoms with Crippen molar-refractivity contribution in [2.24, 2.45) is 0 Å². The summed E-state index contributed by atoms with van der Waals surface area (Å²) in [7, 11) is -4.18. The number of amides is 2. The lowest BCUT2D eigenvalue weighted by Gasteiger charge is -2.35. The summed E-state index contributed by atoms with van der Waals surface area (Å²) in [4.78, 5) is 30.3. The summed E-state index contributed by atoms with van der Waals surface area (Å²) in [5, 5.41) is 3.20. The van der Waals surface area contributed by atoms with Gasteiger partial charge in [0.1, 0.15) is 18.4 Å². The number of benzene rings is 4. The van der Waals surface area contributed by atoms with Crippen molar-refractivity contribution in [3.8, 4) is 0 Å². The van der Waals surface area contributed by atoms with E-state index in [2.05, 4.69) is 5.32 Å². The molecule has 4 aromatic rings. The van der Waals surface area contributed by atoms with Crippen molar-refractivity contribution < 1.29 is 22.4 Å². The maximum absolute atomic E-state index is 14.6. The van der Waals surface area contributed by atoms with E-state index in [0.29, 0.717) is 11.3 Å². The predicted octanol–water partition coefficient (Wildman–Crippen LogP) is 6.73. The maximum atomic E-state index is 14.6. The molecule has 9 heteroatoms. The second kappa shape index (κ2) is 15.4. The molecule has 0 aromatic heterocycles. The molecule has 1 atom stereocenters. The van der Waals surface area contributed by atoms with E-state index in [0.717, 1.165) is 53.1 Å². The summed E-state index contributed by atoms with van der Waals surface area (Å²) in [5.41, 5.74) is 3.68. The Hall–Kier alpha value is -4.50. The van der Waals surface area contributed by atoms with Crippen LogP contribution in [0.1, 0.15) is 54.4 Å². The van der Waals surface area contributed by atoms with E-state index in [-0.39, 0.29) is 29.8 Å². The molecule has 1 N–H and O–H groups in total. The zero-order valence-corrected chi connectivity index (χ0v) is 27.8. The average molecular weight is 656 g/mol. The third-order valence-corrected chi connectivity index (χ3v) is 10.7. The Kier molecular flexibility index (Phi) is 11.1. The second-order valence-electron chi connectivity index (χ2n) is 12.3. The van der Waals surface area contributed by atoms with Crippen molar-refractivity contribution in [1.29, 1.82) is 0 Å². The number of hydrogen-bond acceptors (Lipinski definition) is 4. The summed E-state index contributed by atoms with van der Waals surface area (Å²) in [6.45, 7) is 3.27. The minimum Gasteiger partial charge on any atom is -0.352 e. The molecule has 0 heterocycles. The van der Waals surface area contributed by atoms with Gasteiger partial charge in [-0.15, -0.1) is 0 Å².